The molecule has 8 heteroatoms. The molecule has 2 N–H and O–H groups in total. The number of nitrogens with one attached hydrogen (secondary N) is 2. The van der Waals surface area contributed by atoms with E-state index in [1.54, 1.807) is 13.2 Å². The molecule has 0 spiro atoms. The van der Waals surface area contributed by atoms with Crippen LogP contribution in [0.4, 0.5) is 0 Å². The highest BCUT2D eigenvalue weighted by atomic mass is 16.3. The van der Waals surface area contributed by atoms with Crippen molar-refractivity contribution in [1.29, 1.82) is 0 Å². The van der Waals surface area contributed by atoms with Crippen LogP contribution in [0.15, 0.2) is 46.0 Å². The quantitative estimate of drug-likeness (QED) is 0.544. The molecule has 1 aliphatic heterocycles. The van der Waals surface area contributed by atoms with Crippen molar-refractivity contribution in [2.75, 3.05) is 45.8 Å². The fraction of sp³-hybridized carbons (Fsp3) is 0.476. The number of rotatable bonds is 7. The van der Waals surface area contributed by atoms with Crippen LogP contribution in [0.2, 0.25) is 0 Å². The van der Waals surface area contributed by atoms with E-state index in [-0.39, 0.29) is 5.91 Å². The van der Waals surface area contributed by atoms with Crippen LogP contribution in [0, 0.1) is 0 Å². The number of hydrogen-bond donors (Lipinski definition) is 2. The van der Waals surface area contributed by atoms with Gasteiger partial charge in [0.1, 0.15) is 12.0 Å². The summed E-state index contributed by atoms with van der Waals surface area (Å²) >= 11 is 0. The van der Waals surface area contributed by atoms with Gasteiger partial charge in [-0.2, -0.15) is 0 Å². The first-order valence-corrected chi connectivity index (χ1v) is 10.2. The summed E-state index contributed by atoms with van der Waals surface area (Å²) in [5, 5.41) is 6.63. The Morgan fingerprint density at radius 1 is 1.17 bits per heavy atom. The van der Waals surface area contributed by atoms with Gasteiger partial charge in [-0.05, 0) is 19.1 Å². The highest BCUT2D eigenvalue weighted by Crippen LogP contribution is 2.18. The van der Waals surface area contributed by atoms with E-state index in [1.807, 2.05) is 42.2 Å². The van der Waals surface area contributed by atoms with Crippen LogP contribution in [-0.4, -0.2) is 72.5 Å². The lowest BCUT2D eigenvalue weighted by atomic mass is 10.2. The van der Waals surface area contributed by atoms with Gasteiger partial charge >= 0.3 is 0 Å². The van der Waals surface area contributed by atoms with Crippen molar-refractivity contribution < 1.29 is 9.21 Å². The van der Waals surface area contributed by atoms with Crippen molar-refractivity contribution >= 4 is 11.9 Å². The van der Waals surface area contributed by atoms with Crippen molar-refractivity contribution in [2.24, 2.45) is 4.99 Å². The average Bonchev–Trinajstić information content (AvgIpc) is 3.22. The van der Waals surface area contributed by atoms with Crippen LogP contribution in [0.3, 0.4) is 0 Å². The summed E-state index contributed by atoms with van der Waals surface area (Å²) in [6.45, 7) is 10.1. The van der Waals surface area contributed by atoms with E-state index in [0.29, 0.717) is 12.4 Å². The summed E-state index contributed by atoms with van der Waals surface area (Å²) in [4.78, 5) is 24.8. The molecule has 29 heavy (non-hydrogen) atoms. The van der Waals surface area contributed by atoms with Crippen LogP contribution in [0.5, 0.6) is 0 Å². The van der Waals surface area contributed by atoms with E-state index in [2.05, 4.69) is 25.5 Å². The van der Waals surface area contributed by atoms with Crippen molar-refractivity contribution in [3.8, 4) is 11.5 Å². The van der Waals surface area contributed by atoms with Gasteiger partial charge in [0.2, 0.25) is 11.8 Å². The van der Waals surface area contributed by atoms with Gasteiger partial charge in [0, 0.05) is 58.3 Å². The van der Waals surface area contributed by atoms with Crippen molar-refractivity contribution in [2.45, 2.75) is 20.4 Å². The van der Waals surface area contributed by atoms with Gasteiger partial charge in [-0.25, -0.2) is 9.98 Å². The third kappa shape index (κ3) is 6.32. The lowest BCUT2D eigenvalue weighted by Gasteiger charge is -2.34. The normalized spacial score (nSPS) is 15.4. The number of carbonyl (C=O) groups is 1. The summed E-state index contributed by atoms with van der Waals surface area (Å²) in [5.74, 6) is 1.53. The first-order chi connectivity index (χ1) is 14.2. The Kier molecular flexibility index (Phi) is 7.63. The lowest BCUT2D eigenvalue weighted by molar-refractivity contribution is -0.130. The van der Waals surface area contributed by atoms with Crippen molar-refractivity contribution in [3.05, 3.63) is 42.3 Å². The molecular weight excluding hydrogens is 368 g/mol. The summed E-state index contributed by atoms with van der Waals surface area (Å²) in [6, 6.07) is 9.84. The van der Waals surface area contributed by atoms with Crippen LogP contribution in [-0.2, 0) is 11.3 Å². The maximum absolute atomic E-state index is 11.4. The average molecular weight is 399 g/mol. The van der Waals surface area contributed by atoms with Crippen molar-refractivity contribution in [3.63, 3.8) is 0 Å². The fourth-order valence-electron chi connectivity index (χ4n) is 3.21. The highest BCUT2D eigenvalue weighted by molar-refractivity contribution is 5.79. The molecule has 1 aromatic carbocycles. The van der Waals surface area contributed by atoms with E-state index in [4.69, 9.17) is 4.42 Å². The monoisotopic (exact) mass is 398 g/mol. The molecular formula is C21H30N6O2. The molecule has 0 bridgehead atoms. The zero-order valence-corrected chi connectivity index (χ0v) is 17.2. The van der Waals surface area contributed by atoms with Gasteiger partial charge in [-0.15, -0.1) is 0 Å². The predicted molar refractivity (Wildman–Crippen MR) is 113 cm³/mol. The van der Waals surface area contributed by atoms with Gasteiger partial charge < -0.3 is 20.0 Å². The van der Waals surface area contributed by atoms with E-state index in [0.717, 1.165) is 63.0 Å². The molecule has 2 aromatic rings. The van der Waals surface area contributed by atoms with Crippen LogP contribution >= 0.6 is 0 Å². The molecule has 1 saturated heterocycles. The smallest absolute Gasteiger partial charge is 0.226 e. The Hall–Kier alpha value is -2.87. The van der Waals surface area contributed by atoms with Crippen LogP contribution < -0.4 is 10.6 Å². The summed E-state index contributed by atoms with van der Waals surface area (Å²) < 4.78 is 5.57. The number of guanidine groups is 1. The zero-order chi connectivity index (χ0) is 20.5. The zero-order valence-electron chi connectivity index (χ0n) is 17.2. The van der Waals surface area contributed by atoms with Gasteiger partial charge in [-0.3, -0.25) is 9.69 Å². The van der Waals surface area contributed by atoms with Gasteiger partial charge in [-0.1, -0.05) is 18.2 Å². The predicted octanol–water partition coefficient (Wildman–Crippen LogP) is 1.56. The number of amides is 1. The number of nitrogens with zero attached hydrogens (tertiary/aromatic N) is 4. The molecule has 0 aliphatic carbocycles. The van der Waals surface area contributed by atoms with Crippen LogP contribution in [0.1, 0.15) is 19.5 Å². The first-order valence-electron chi connectivity index (χ1n) is 10.2. The maximum atomic E-state index is 11.4. The van der Waals surface area contributed by atoms with Gasteiger partial charge in [0.15, 0.2) is 5.96 Å². The van der Waals surface area contributed by atoms with E-state index >= 15 is 0 Å². The number of oxazole rings is 1. The molecule has 1 amide bonds. The molecule has 1 aromatic heterocycles. The minimum absolute atomic E-state index is 0.160. The Balaban J connectivity index is 1.46. The third-order valence-electron chi connectivity index (χ3n) is 4.85. The van der Waals surface area contributed by atoms with E-state index < -0.39 is 0 Å². The lowest BCUT2D eigenvalue weighted by Crippen LogP contribution is -2.50. The molecule has 1 fully saturated rings. The molecule has 8 nitrogen and oxygen atoms in total. The van der Waals surface area contributed by atoms with E-state index in [1.165, 1.54) is 0 Å². The minimum atomic E-state index is 0.160. The fourth-order valence-corrected chi connectivity index (χ4v) is 3.21. The van der Waals surface area contributed by atoms with Crippen LogP contribution in [0.25, 0.3) is 11.5 Å². The second-order valence-corrected chi connectivity index (χ2v) is 6.98. The van der Waals surface area contributed by atoms with Crippen molar-refractivity contribution in [1.82, 2.24) is 25.4 Å². The SMILES string of the molecule is CCNC(=NCc1coc(-c2ccccc2)n1)NCCN1CCN(C(C)=O)CC1. The van der Waals surface area contributed by atoms with E-state index in [9.17, 15) is 4.79 Å². The summed E-state index contributed by atoms with van der Waals surface area (Å²) in [6.07, 6.45) is 1.66. The number of aliphatic imine (C=N–C) groups is 1. The largest absolute Gasteiger partial charge is 0.444 e. The molecule has 1 aliphatic rings. The number of carbonyl (C=O) groups excluding carboxylic acids is 1. The first kappa shape index (κ1) is 20.9. The Morgan fingerprint density at radius 3 is 2.62 bits per heavy atom. The third-order valence-corrected chi connectivity index (χ3v) is 4.85. The molecule has 156 valence electrons. The Bertz CT molecular complexity index is 797. The Morgan fingerprint density at radius 2 is 1.93 bits per heavy atom. The number of hydrogen-bond acceptors (Lipinski definition) is 5. The second-order valence-electron chi connectivity index (χ2n) is 6.98. The molecule has 0 radical (unpaired) electrons. The minimum Gasteiger partial charge on any atom is -0.444 e. The maximum Gasteiger partial charge on any atom is 0.226 e. The number of piperazine rings is 1. The molecule has 0 unspecified atom stereocenters. The molecule has 0 atom stereocenters. The molecule has 0 saturated carbocycles. The summed E-state index contributed by atoms with van der Waals surface area (Å²) in [7, 11) is 0. The topological polar surface area (TPSA) is 86.0 Å². The summed E-state index contributed by atoms with van der Waals surface area (Å²) in [5.41, 5.74) is 1.75. The number of benzene rings is 1. The number of aromatic nitrogens is 1. The van der Waals surface area contributed by atoms with Gasteiger partial charge in [0.25, 0.3) is 0 Å². The highest BCUT2D eigenvalue weighted by Gasteiger charge is 2.17. The molecule has 2 heterocycles. The van der Waals surface area contributed by atoms with Gasteiger partial charge in [0.05, 0.1) is 6.54 Å². The molecule has 3 rings (SSSR count). The second kappa shape index (κ2) is 10.6. The standard InChI is InChI=1S/C21H30N6O2/c1-3-22-21(23-9-10-26-11-13-27(14-12-26)17(2)28)24-15-19-16-29-20(25-19)18-7-5-4-6-8-18/h4-8,16H,3,9-15H2,1-2H3,(H2,22,23,24). The Labute approximate surface area is 172 Å².